The monoisotopic (exact) mass is 377 g/mol. The van der Waals surface area contributed by atoms with Gasteiger partial charge >= 0.3 is 0 Å². The lowest BCUT2D eigenvalue weighted by Gasteiger charge is -2.38. The number of nitrogens with zero attached hydrogens (tertiary/aromatic N) is 4. The summed E-state index contributed by atoms with van der Waals surface area (Å²) >= 11 is 5.29. The quantitative estimate of drug-likeness (QED) is 0.644. The number of hydrogen-bond donors (Lipinski definition) is 1. The molecule has 7 nitrogen and oxygen atoms in total. The van der Waals surface area contributed by atoms with Crippen LogP contribution in [0.5, 0.6) is 0 Å². The van der Waals surface area contributed by atoms with Crippen molar-refractivity contribution in [1.29, 1.82) is 0 Å². The van der Waals surface area contributed by atoms with Gasteiger partial charge in [-0.15, -0.1) is 0 Å². The third kappa shape index (κ3) is 3.75. The van der Waals surface area contributed by atoms with Crippen molar-refractivity contribution in [3.05, 3.63) is 23.3 Å². The van der Waals surface area contributed by atoms with Gasteiger partial charge in [0.2, 0.25) is 11.8 Å². The number of aromatic amines is 1. The lowest BCUT2D eigenvalue weighted by molar-refractivity contribution is -0.140. The summed E-state index contributed by atoms with van der Waals surface area (Å²) in [7, 11) is 0. The summed E-state index contributed by atoms with van der Waals surface area (Å²) in [5.74, 6) is 1.11. The molecule has 2 atom stereocenters. The Balaban J connectivity index is 1.69. The van der Waals surface area contributed by atoms with Crippen LogP contribution in [0.4, 0.5) is 0 Å². The molecule has 0 bridgehead atoms. The van der Waals surface area contributed by atoms with E-state index in [0.29, 0.717) is 24.4 Å². The number of aromatic nitrogens is 3. The number of carbonyl (C=O) groups excluding carboxylic acids is 2. The van der Waals surface area contributed by atoms with E-state index in [-0.39, 0.29) is 23.7 Å². The predicted octanol–water partition coefficient (Wildman–Crippen LogP) is 2.09. The van der Waals surface area contributed by atoms with Crippen LogP contribution in [0.15, 0.2) is 12.7 Å². The summed E-state index contributed by atoms with van der Waals surface area (Å²) in [6.07, 6.45) is 5.00. The first-order valence-electron chi connectivity index (χ1n) is 9.40. The molecule has 142 valence electrons. The third-order valence-corrected chi connectivity index (χ3v) is 5.77. The van der Waals surface area contributed by atoms with E-state index >= 15 is 0 Å². The number of rotatable bonds is 4. The lowest BCUT2D eigenvalue weighted by Crippen LogP contribution is -2.48. The lowest BCUT2D eigenvalue weighted by atomic mass is 9.92. The number of likely N-dealkylation sites (tertiary alicyclic amines) is 2. The highest BCUT2D eigenvalue weighted by Crippen LogP contribution is 2.28. The summed E-state index contributed by atoms with van der Waals surface area (Å²) < 4.78 is 2.65. The van der Waals surface area contributed by atoms with Gasteiger partial charge in [-0.3, -0.25) is 14.7 Å². The van der Waals surface area contributed by atoms with Crippen LogP contribution in [0.1, 0.15) is 44.3 Å². The number of nitrogens with one attached hydrogen (secondary N) is 1. The summed E-state index contributed by atoms with van der Waals surface area (Å²) in [5, 5.41) is 7.28. The molecule has 2 unspecified atom stereocenters. The van der Waals surface area contributed by atoms with Gasteiger partial charge in [0.25, 0.3) is 0 Å². The van der Waals surface area contributed by atoms with Crippen molar-refractivity contribution in [2.24, 2.45) is 5.92 Å². The molecule has 1 aromatic heterocycles. The first-order chi connectivity index (χ1) is 12.5. The second-order valence-electron chi connectivity index (χ2n) is 7.08. The van der Waals surface area contributed by atoms with Crippen LogP contribution < -0.4 is 0 Å². The smallest absolute Gasteiger partial charge is 0.245 e. The van der Waals surface area contributed by atoms with Gasteiger partial charge in [-0.1, -0.05) is 6.58 Å². The number of amides is 2. The first-order valence-corrected chi connectivity index (χ1v) is 9.81. The van der Waals surface area contributed by atoms with Gasteiger partial charge in [-0.25, -0.2) is 0 Å². The van der Waals surface area contributed by atoms with Crippen molar-refractivity contribution in [1.82, 2.24) is 24.6 Å². The minimum atomic E-state index is -0.113. The maximum atomic E-state index is 13.1. The fraction of sp³-hybridized carbons (Fsp3) is 0.667. The van der Waals surface area contributed by atoms with Gasteiger partial charge in [0.05, 0.1) is 5.92 Å². The second kappa shape index (κ2) is 8.16. The van der Waals surface area contributed by atoms with Gasteiger partial charge < -0.3 is 14.4 Å². The summed E-state index contributed by atoms with van der Waals surface area (Å²) in [6.45, 7) is 9.03. The van der Waals surface area contributed by atoms with Crippen molar-refractivity contribution in [3.63, 3.8) is 0 Å². The molecule has 1 aromatic rings. The van der Waals surface area contributed by atoms with Gasteiger partial charge in [0, 0.05) is 38.6 Å². The third-order valence-electron chi connectivity index (χ3n) is 5.46. The Labute approximate surface area is 159 Å². The molecule has 8 heteroatoms. The topological polar surface area (TPSA) is 74.2 Å². The SMILES string of the molecule is C=CC(=O)N1CCCC(C(=O)N2CCCC(c3n[nH]c(=S)n3CC)C2)C1. The Kier molecular flexibility index (Phi) is 5.90. The molecule has 0 aromatic carbocycles. The molecule has 0 radical (unpaired) electrons. The van der Waals surface area contributed by atoms with Crippen molar-refractivity contribution in [2.75, 3.05) is 26.2 Å². The fourth-order valence-electron chi connectivity index (χ4n) is 4.10. The largest absolute Gasteiger partial charge is 0.342 e. The van der Waals surface area contributed by atoms with Crippen LogP contribution >= 0.6 is 12.2 Å². The predicted molar refractivity (Wildman–Crippen MR) is 101 cm³/mol. The van der Waals surface area contributed by atoms with Crippen molar-refractivity contribution < 1.29 is 9.59 Å². The van der Waals surface area contributed by atoms with E-state index in [0.717, 1.165) is 44.6 Å². The zero-order chi connectivity index (χ0) is 18.7. The zero-order valence-corrected chi connectivity index (χ0v) is 16.1. The number of hydrogen-bond acceptors (Lipinski definition) is 4. The maximum Gasteiger partial charge on any atom is 0.245 e. The molecule has 2 fully saturated rings. The number of carbonyl (C=O) groups is 2. The Hall–Kier alpha value is -1.96. The molecule has 2 aliphatic rings. The molecule has 0 saturated carbocycles. The molecular weight excluding hydrogens is 350 g/mol. The standard InChI is InChI=1S/C18H27N5O2S/c1-3-15(24)21-9-6-8-14(12-21)17(25)22-10-5-7-13(11-22)16-19-20-18(26)23(16)4-2/h3,13-14H,1,4-12H2,2H3,(H,20,26). The molecule has 26 heavy (non-hydrogen) atoms. The summed E-state index contributed by atoms with van der Waals surface area (Å²) in [5.41, 5.74) is 0. The van der Waals surface area contributed by atoms with E-state index in [1.54, 1.807) is 4.90 Å². The van der Waals surface area contributed by atoms with Crippen molar-refractivity contribution in [2.45, 2.75) is 45.1 Å². The Bertz CT molecular complexity index is 740. The maximum absolute atomic E-state index is 13.1. The van der Waals surface area contributed by atoms with Gasteiger partial charge in [-0.2, -0.15) is 5.10 Å². The van der Waals surface area contributed by atoms with E-state index in [4.69, 9.17) is 12.2 Å². The van der Waals surface area contributed by atoms with Crippen LogP contribution in [0.25, 0.3) is 0 Å². The fourth-order valence-corrected chi connectivity index (χ4v) is 4.37. The molecule has 2 amide bonds. The van der Waals surface area contributed by atoms with Crippen LogP contribution in [0, 0.1) is 10.7 Å². The summed E-state index contributed by atoms with van der Waals surface area (Å²) in [4.78, 5) is 28.6. The van der Waals surface area contributed by atoms with E-state index in [9.17, 15) is 9.59 Å². The molecule has 3 heterocycles. The van der Waals surface area contributed by atoms with Gasteiger partial charge in [0.15, 0.2) is 4.77 Å². The van der Waals surface area contributed by atoms with E-state index in [2.05, 4.69) is 16.8 Å². The van der Waals surface area contributed by atoms with E-state index in [1.807, 2.05) is 16.4 Å². The average molecular weight is 378 g/mol. The van der Waals surface area contributed by atoms with E-state index in [1.165, 1.54) is 6.08 Å². The average Bonchev–Trinajstić information content (AvgIpc) is 3.07. The van der Waals surface area contributed by atoms with Crippen LogP contribution in [0.3, 0.4) is 0 Å². The second-order valence-corrected chi connectivity index (χ2v) is 7.47. The molecule has 2 saturated heterocycles. The molecule has 3 rings (SSSR count). The van der Waals surface area contributed by atoms with Crippen molar-refractivity contribution in [3.8, 4) is 0 Å². The minimum Gasteiger partial charge on any atom is -0.342 e. The van der Waals surface area contributed by atoms with Gasteiger partial charge in [0.1, 0.15) is 5.82 Å². The normalized spacial score (nSPS) is 23.7. The van der Waals surface area contributed by atoms with Crippen molar-refractivity contribution >= 4 is 24.0 Å². The molecule has 2 aliphatic heterocycles. The highest BCUT2D eigenvalue weighted by Gasteiger charge is 2.34. The molecule has 0 spiro atoms. The highest BCUT2D eigenvalue weighted by atomic mass is 32.1. The number of piperidine rings is 2. The number of H-pyrrole nitrogens is 1. The highest BCUT2D eigenvalue weighted by molar-refractivity contribution is 7.71. The molecular formula is C18H27N5O2S. The van der Waals surface area contributed by atoms with Crippen LogP contribution in [-0.2, 0) is 16.1 Å². The Morgan fingerprint density at radius 1 is 1.27 bits per heavy atom. The molecule has 1 N–H and O–H groups in total. The van der Waals surface area contributed by atoms with Gasteiger partial charge in [-0.05, 0) is 50.9 Å². The summed E-state index contributed by atoms with van der Waals surface area (Å²) in [6, 6.07) is 0. The Morgan fingerprint density at radius 3 is 2.73 bits per heavy atom. The molecule has 0 aliphatic carbocycles. The van der Waals surface area contributed by atoms with E-state index < -0.39 is 0 Å². The Morgan fingerprint density at radius 2 is 2.00 bits per heavy atom. The van der Waals surface area contributed by atoms with Crippen LogP contribution in [-0.4, -0.2) is 62.6 Å². The first kappa shape index (κ1) is 18.8. The zero-order valence-electron chi connectivity index (χ0n) is 15.3. The minimum absolute atomic E-state index is 0.0856. The van der Waals surface area contributed by atoms with Crippen LogP contribution in [0.2, 0.25) is 0 Å².